The normalized spacial score (nSPS) is 19.7. The van der Waals surface area contributed by atoms with Crippen LogP contribution in [0.5, 0.6) is 0 Å². The molecule has 0 bridgehead atoms. The fraction of sp³-hybridized carbons (Fsp3) is 0.400. The summed E-state index contributed by atoms with van der Waals surface area (Å²) in [6.45, 7) is 0.946. The van der Waals surface area contributed by atoms with E-state index in [1.54, 1.807) is 0 Å². The monoisotopic (exact) mass is 339 g/mol. The molecule has 2 aromatic rings. The van der Waals surface area contributed by atoms with Crippen LogP contribution in [0, 0.1) is 5.92 Å². The van der Waals surface area contributed by atoms with Gasteiger partial charge in [0.25, 0.3) is 5.91 Å². The molecule has 1 saturated carbocycles. The second kappa shape index (κ2) is 8.12. The van der Waals surface area contributed by atoms with Gasteiger partial charge in [0, 0.05) is 24.6 Å². The smallest absolute Gasteiger partial charge is 0.251 e. The number of benzene rings is 2. The Morgan fingerprint density at radius 3 is 2.68 bits per heavy atom. The highest BCUT2D eigenvalue weighted by atomic mass is 16.2. The Balaban J connectivity index is 1.47. The van der Waals surface area contributed by atoms with E-state index >= 15 is 0 Å². The Morgan fingerprint density at radius 1 is 1.08 bits per heavy atom. The highest BCUT2D eigenvalue weighted by Crippen LogP contribution is 2.24. The van der Waals surface area contributed by atoms with E-state index in [1.165, 1.54) is 0 Å². The summed E-state index contributed by atoms with van der Waals surface area (Å²) >= 11 is 0. The first-order chi connectivity index (χ1) is 12.2. The van der Waals surface area contributed by atoms with Gasteiger partial charge in [-0.25, -0.2) is 0 Å². The molecular weight excluding hydrogens is 314 g/mol. The van der Waals surface area contributed by atoms with Gasteiger partial charge < -0.3 is 16.4 Å². The van der Waals surface area contributed by atoms with Crippen molar-refractivity contribution in [1.82, 2.24) is 10.6 Å². The van der Waals surface area contributed by atoms with Crippen LogP contribution in [0.1, 0.15) is 36.0 Å². The van der Waals surface area contributed by atoms with Crippen LogP contribution in [0.2, 0.25) is 0 Å². The summed E-state index contributed by atoms with van der Waals surface area (Å²) in [4.78, 5) is 24.3. The minimum Gasteiger partial charge on any atom is -0.353 e. The second-order valence-electron chi connectivity index (χ2n) is 6.67. The van der Waals surface area contributed by atoms with Gasteiger partial charge in [-0.15, -0.1) is 0 Å². The van der Waals surface area contributed by atoms with E-state index in [2.05, 4.69) is 10.6 Å². The van der Waals surface area contributed by atoms with Crippen molar-refractivity contribution in [3.8, 4) is 0 Å². The molecule has 25 heavy (non-hydrogen) atoms. The van der Waals surface area contributed by atoms with E-state index in [0.29, 0.717) is 24.6 Å². The second-order valence-corrected chi connectivity index (χ2v) is 6.67. The van der Waals surface area contributed by atoms with E-state index < -0.39 is 0 Å². The van der Waals surface area contributed by atoms with Gasteiger partial charge in [-0.1, -0.05) is 36.8 Å². The number of carbonyl (C=O) groups is 2. The summed E-state index contributed by atoms with van der Waals surface area (Å²) in [5.74, 6) is 0.208. The predicted molar refractivity (Wildman–Crippen MR) is 99.2 cm³/mol. The molecule has 0 saturated heterocycles. The molecule has 1 aliphatic rings. The molecule has 0 spiro atoms. The molecule has 4 N–H and O–H groups in total. The van der Waals surface area contributed by atoms with Gasteiger partial charge in [-0.2, -0.15) is 0 Å². The van der Waals surface area contributed by atoms with Crippen molar-refractivity contribution in [3.05, 3.63) is 48.0 Å². The minimum absolute atomic E-state index is 0.0239. The largest absolute Gasteiger partial charge is 0.353 e. The van der Waals surface area contributed by atoms with Crippen LogP contribution in [0.25, 0.3) is 10.8 Å². The highest BCUT2D eigenvalue weighted by Gasteiger charge is 2.27. The first-order valence-electron chi connectivity index (χ1n) is 8.94. The van der Waals surface area contributed by atoms with Gasteiger partial charge in [-0.05, 0) is 48.2 Å². The van der Waals surface area contributed by atoms with E-state index in [1.807, 2.05) is 42.5 Å². The van der Waals surface area contributed by atoms with Gasteiger partial charge in [-0.3, -0.25) is 9.59 Å². The molecule has 2 aromatic carbocycles. The highest BCUT2D eigenvalue weighted by molar-refractivity contribution is 5.98. The molecule has 132 valence electrons. The average Bonchev–Trinajstić information content (AvgIpc) is 3.08. The van der Waals surface area contributed by atoms with Gasteiger partial charge in [0.1, 0.15) is 0 Å². The molecule has 3 rings (SSSR count). The van der Waals surface area contributed by atoms with Crippen molar-refractivity contribution >= 4 is 22.6 Å². The van der Waals surface area contributed by atoms with Crippen molar-refractivity contribution < 1.29 is 9.59 Å². The molecule has 2 atom stereocenters. The Kier molecular flexibility index (Phi) is 5.66. The Hall–Kier alpha value is -2.40. The molecule has 2 amide bonds. The van der Waals surface area contributed by atoms with Crippen LogP contribution in [0.3, 0.4) is 0 Å². The summed E-state index contributed by atoms with van der Waals surface area (Å²) in [6.07, 6.45) is 3.48. The zero-order chi connectivity index (χ0) is 17.6. The topological polar surface area (TPSA) is 84.2 Å². The lowest BCUT2D eigenvalue weighted by atomic mass is 10.0. The van der Waals surface area contributed by atoms with Crippen LogP contribution < -0.4 is 16.4 Å². The van der Waals surface area contributed by atoms with Gasteiger partial charge >= 0.3 is 0 Å². The fourth-order valence-corrected chi connectivity index (χ4v) is 3.51. The van der Waals surface area contributed by atoms with Crippen LogP contribution in [0.15, 0.2) is 42.5 Å². The van der Waals surface area contributed by atoms with Crippen LogP contribution >= 0.6 is 0 Å². The summed E-state index contributed by atoms with van der Waals surface area (Å²) in [5.41, 5.74) is 6.34. The lowest BCUT2D eigenvalue weighted by molar-refractivity contribution is -0.121. The van der Waals surface area contributed by atoms with E-state index in [-0.39, 0.29) is 24.3 Å². The number of fused-ring (bicyclic) bond motifs is 1. The number of carbonyl (C=O) groups excluding carboxylic acids is 2. The van der Waals surface area contributed by atoms with Gasteiger partial charge in [0.15, 0.2) is 0 Å². The number of nitrogens with two attached hydrogens (primary N) is 1. The number of amides is 2. The third-order valence-corrected chi connectivity index (χ3v) is 4.96. The molecule has 1 aliphatic carbocycles. The van der Waals surface area contributed by atoms with Crippen LogP contribution in [-0.4, -0.2) is 30.9 Å². The molecule has 0 heterocycles. The predicted octanol–water partition coefficient (Wildman–Crippen LogP) is 2.20. The standard InChI is InChI=1S/C20H25N3O2/c21-13-17-6-3-7-18(17)23-19(24)10-11-22-20(25)16-9-8-14-4-1-2-5-15(14)12-16/h1-2,4-5,8-9,12,17-18H,3,6-7,10-11,13,21H2,(H,22,25)(H,23,24). The lowest BCUT2D eigenvalue weighted by Crippen LogP contribution is -2.41. The number of hydrogen-bond acceptors (Lipinski definition) is 3. The first-order valence-corrected chi connectivity index (χ1v) is 8.94. The first kappa shape index (κ1) is 17.4. The minimum atomic E-state index is -0.153. The molecule has 5 heteroatoms. The summed E-state index contributed by atoms with van der Waals surface area (Å²) in [5, 5.41) is 8.00. The zero-order valence-corrected chi connectivity index (χ0v) is 14.3. The van der Waals surface area contributed by atoms with E-state index in [4.69, 9.17) is 5.73 Å². The van der Waals surface area contributed by atoms with Crippen molar-refractivity contribution in [2.45, 2.75) is 31.7 Å². The van der Waals surface area contributed by atoms with Crippen molar-refractivity contribution in [3.63, 3.8) is 0 Å². The quantitative estimate of drug-likeness (QED) is 0.754. The molecule has 0 aromatic heterocycles. The Bertz CT molecular complexity index is 759. The number of nitrogens with one attached hydrogen (secondary N) is 2. The number of hydrogen-bond donors (Lipinski definition) is 3. The molecule has 1 fully saturated rings. The van der Waals surface area contributed by atoms with Crippen LogP contribution in [0.4, 0.5) is 0 Å². The SMILES string of the molecule is NCC1CCCC1NC(=O)CCNC(=O)c1ccc2ccccc2c1. The molecule has 5 nitrogen and oxygen atoms in total. The van der Waals surface area contributed by atoms with Gasteiger partial charge in [0.2, 0.25) is 5.91 Å². The maximum atomic E-state index is 12.3. The molecule has 2 unspecified atom stereocenters. The average molecular weight is 339 g/mol. The van der Waals surface area contributed by atoms with Crippen molar-refractivity contribution in [1.29, 1.82) is 0 Å². The fourth-order valence-electron chi connectivity index (χ4n) is 3.51. The van der Waals surface area contributed by atoms with Crippen molar-refractivity contribution in [2.75, 3.05) is 13.1 Å². The summed E-state index contributed by atoms with van der Waals surface area (Å²) < 4.78 is 0. The third-order valence-electron chi connectivity index (χ3n) is 4.96. The maximum Gasteiger partial charge on any atom is 0.251 e. The van der Waals surface area contributed by atoms with Crippen molar-refractivity contribution in [2.24, 2.45) is 11.7 Å². The van der Waals surface area contributed by atoms with Crippen LogP contribution in [-0.2, 0) is 4.79 Å². The third kappa shape index (κ3) is 4.37. The maximum absolute atomic E-state index is 12.3. The number of rotatable bonds is 6. The summed E-state index contributed by atoms with van der Waals surface area (Å²) in [6, 6.07) is 13.7. The molecule has 0 aliphatic heterocycles. The van der Waals surface area contributed by atoms with Gasteiger partial charge in [0.05, 0.1) is 0 Å². The Labute approximate surface area is 148 Å². The van der Waals surface area contributed by atoms with E-state index in [0.717, 1.165) is 30.0 Å². The zero-order valence-electron chi connectivity index (χ0n) is 14.3. The Morgan fingerprint density at radius 2 is 1.88 bits per heavy atom. The summed E-state index contributed by atoms with van der Waals surface area (Å²) in [7, 11) is 0. The van der Waals surface area contributed by atoms with E-state index in [9.17, 15) is 9.59 Å². The molecular formula is C20H25N3O2. The molecule has 0 radical (unpaired) electrons. The lowest BCUT2D eigenvalue weighted by Gasteiger charge is -2.19.